The highest BCUT2D eigenvalue weighted by Gasteiger charge is 2.39. The van der Waals surface area contributed by atoms with Crippen molar-refractivity contribution < 1.29 is 23.8 Å². The van der Waals surface area contributed by atoms with Crippen LogP contribution in [-0.4, -0.2) is 41.0 Å². The standard InChI is InChI=1S/C26H22ClN3O5S/c1-33-18-9-7-17(8-10-18)28-26-30(14-16-6-11-21-22(12-16)35-15-34-21)25(32)23(36-26)13-24(31)29-20-5-3-2-4-19(20)27/h2-12,23H,13-15H2,1H3,(H,29,31). The predicted octanol–water partition coefficient (Wildman–Crippen LogP) is 5.24. The van der Waals surface area contributed by atoms with Crippen LogP contribution in [0.5, 0.6) is 17.2 Å². The average molecular weight is 524 g/mol. The van der Waals surface area contributed by atoms with E-state index in [1.165, 1.54) is 11.8 Å². The molecule has 2 aliphatic heterocycles. The molecule has 3 aromatic rings. The van der Waals surface area contributed by atoms with Crippen LogP contribution in [0.1, 0.15) is 12.0 Å². The van der Waals surface area contributed by atoms with Crippen molar-refractivity contribution in [1.82, 2.24) is 4.90 Å². The van der Waals surface area contributed by atoms with E-state index >= 15 is 0 Å². The van der Waals surface area contributed by atoms with E-state index < -0.39 is 5.25 Å². The number of thioether (sulfide) groups is 1. The molecule has 2 heterocycles. The molecule has 5 rings (SSSR count). The van der Waals surface area contributed by atoms with Crippen molar-refractivity contribution >= 4 is 51.7 Å². The molecule has 1 fully saturated rings. The first-order valence-corrected chi connectivity index (χ1v) is 12.4. The van der Waals surface area contributed by atoms with E-state index in [-0.39, 0.29) is 31.6 Å². The lowest BCUT2D eigenvalue weighted by molar-refractivity contribution is -0.128. The number of anilines is 1. The minimum atomic E-state index is -0.626. The van der Waals surface area contributed by atoms with Gasteiger partial charge in [-0.1, -0.05) is 41.6 Å². The van der Waals surface area contributed by atoms with Gasteiger partial charge >= 0.3 is 0 Å². The quantitative estimate of drug-likeness (QED) is 0.455. The van der Waals surface area contributed by atoms with Gasteiger partial charge in [-0.2, -0.15) is 0 Å². The van der Waals surface area contributed by atoms with Crippen molar-refractivity contribution in [2.75, 3.05) is 19.2 Å². The molecule has 0 bridgehead atoms. The molecule has 1 unspecified atom stereocenters. The van der Waals surface area contributed by atoms with Gasteiger partial charge in [0.05, 0.1) is 30.1 Å². The Morgan fingerprint density at radius 3 is 2.69 bits per heavy atom. The van der Waals surface area contributed by atoms with E-state index in [1.54, 1.807) is 48.4 Å². The first kappa shape index (κ1) is 24.0. The zero-order chi connectivity index (χ0) is 25.1. The van der Waals surface area contributed by atoms with Crippen LogP contribution in [0.25, 0.3) is 0 Å². The Labute approximate surface area is 217 Å². The molecular formula is C26H22ClN3O5S. The zero-order valence-corrected chi connectivity index (χ0v) is 20.8. The molecule has 0 spiro atoms. The van der Waals surface area contributed by atoms with Gasteiger partial charge in [0.25, 0.3) is 0 Å². The van der Waals surface area contributed by atoms with Crippen LogP contribution in [0.2, 0.25) is 5.02 Å². The fourth-order valence-electron chi connectivity index (χ4n) is 3.79. The third-order valence-corrected chi connectivity index (χ3v) is 7.12. The van der Waals surface area contributed by atoms with Gasteiger partial charge in [0.15, 0.2) is 16.7 Å². The third-order valence-electron chi connectivity index (χ3n) is 5.61. The zero-order valence-electron chi connectivity index (χ0n) is 19.3. The molecule has 8 nitrogen and oxygen atoms in total. The number of aliphatic imine (C=N–C) groups is 1. The number of para-hydroxylation sites is 1. The maximum atomic E-state index is 13.4. The lowest BCUT2D eigenvalue weighted by Gasteiger charge is -2.17. The van der Waals surface area contributed by atoms with E-state index in [0.717, 1.165) is 5.56 Å². The van der Waals surface area contributed by atoms with Crippen LogP contribution in [0, 0.1) is 0 Å². The third kappa shape index (κ3) is 5.27. The predicted molar refractivity (Wildman–Crippen MR) is 139 cm³/mol. The summed E-state index contributed by atoms with van der Waals surface area (Å²) in [5.41, 5.74) is 2.03. The van der Waals surface area contributed by atoms with Crippen molar-refractivity contribution in [3.63, 3.8) is 0 Å². The molecule has 10 heteroatoms. The maximum Gasteiger partial charge on any atom is 0.242 e. The number of hydrogen-bond acceptors (Lipinski definition) is 7. The second-order valence-corrected chi connectivity index (χ2v) is 9.62. The van der Waals surface area contributed by atoms with Crippen LogP contribution in [0.4, 0.5) is 11.4 Å². The molecule has 0 radical (unpaired) electrons. The fraction of sp³-hybridized carbons (Fsp3) is 0.192. The van der Waals surface area contributed by atoms with Crippen LogP contribution < -0.4 is 19.5 Å². The summed E-state index contributed by atoms with van der Waals surface area (Å²) in [6.45, 7) is 0.449. The number of methoxy groups -OCH3 is 1. The van der Waals surface area contributed by atoms with Gasteiger partial charge in [-0.15, -0.1) is 0 Å². The number of nitrogens with zero attached hydrogens (tertiary/aromatic N) is 2. The lowest BCUT2D eigenvalue weighted by Crippen LogP contribution is -2.33. The highest BCUT2D eigenvalue weighted by atomic mass is 35.5. The number of amides is 2. The molecule has 2 amide bonds. The monoisotopic (exact) mass is 523 g/mol. The summed E-state index contributed by atoms with van der Waals surface area (Å²) in [6, 6.07) is 19.8. The van der Waals surface area contributed by atoms with Crippen LogP contribution in [-0.2, 0) is 16.1 Å². The Hall–Kier alpha value is -3.69. The van der Waals surface area contributed by atoms with E-state index in [0.29, 0.717) is 38.8 Å². The van der Waals surface area contributed by atoms with Gasteiger partial charge in [0, 0.05) is 6.42 Å². The first-order chi connectivity index (χ1) is 17.5. The van der Waals surface area contributed by atoms with Crippen LogP contribution >= 0.6 is 23.4 Å². The molecule has 0 aromatic heterocycles. The van der Waals surface area contributed by atoms with Gasteiger partial charge in [0.2, 0.25) is 18.6 Å². The van der Waals surface area contributed by atoms with Crippen molar-refractivity contribution in [3.8, 4) is 17.2 Å². The number of fused-ring (bicyclic) bond motifs is 1. The van der Waals surface area contributed by atoms with Gasteiger partial charge in [-0.25, -0.2) is 4.99 Å². The molecule has 3 aromatic carbocycles. The van der Waals surface area contributed by atoms with Gasteiger partial charge < -0.3 is 19.5 Å². The molecule has 2 aliphatic rings. The van der Waals surface area contributed by atoms with E-state index in [9.17, 15) is 9.59 Å². The van der Waals surface area contributed by atoms with Crippen LogP contribution in [0.3, 0.4) is 0 Å². The second kappa shape index (κ2) is 10.5. The summed E-state index contributed by atoms with van der Waals surface area (Å²) >= 11 is 7.42. The van der Waals surface area contributed by atoms with E-state index in [2.05, 4.69) is 5.32 Å². The molecule has 1 N–H and O–H groups in total. The number of nitrogens with one attached hydrogen (secondary N) is 1. The summed E-state index contributed by atoms with van der Waals surface area (Å²) in [6.07, 6.45) is -0.0198. The van der Waals surface area contributed by atoms with Gasteiger partial charge in [0.1, 0.15) is 11.0 Å². The number of benzene rings is 3. The molecular weight excluding hydrogens is 502 g/mol. The van der Waals surface area contributed by atoms with Crippen molar-refractivity contribution in [3.05, 3.63) is 77.3 Å². The Bertz CT molecular complexity index is 1330. The molecule has 184 valence electrons. The number of rotatable bonds is 7. The van der Waals surface area contributed by atoms with Gasteiger partial charge in [-0.05, 0) is 54.1 Å². The molecule has 36 heavy (non-hydrogen) atoms. The van der Waals surface area contributed by atoms with Crippen molar-refractivity contribution in [1.29, 1.82) is 0 Å². The summed E-state index contributed by atoms with van der Waals surface area (Å²) < 4.78 is 16.1. The fourth-order valence-corrected chi connectivity index (χ4v) is 5.13. The number of hydrogen-bond donors (Lipinski definition) is 1. The minimum absolute atomic E-state index is 0.0198. The maximum absolute atomic E-state index is 13.4. The SMILES string of the molecule is COc1ccc(N=C2SC(CC(=O)Nc3ccccc3Cl)C(=O)N2Cc2ccc3c(c2)OCO3)cc1. The number of amidine groups is 1. The summed E-state index contributed by atoms with van der Waals surface area (Å²) in [5.74, 6) is 1.51. The number of ether oxygens (including phenoxy) is 3. The largest absolute Gasteiger partial charge is 0.497 e. The highest BCUT2D eigenvalue weighted by Crippen LogP contribution is 2.36. The Balaban J connectivity index is 1.38. The van der Waals surface area contributed by atoms with E-state index in [1.807, 2.05) is 30.3 Å². The smallest absolute Gasteiger partial charge is 0.242 e. The van der Waals surface area contributed by atoms with Crippen LogP contribution in [0.15, 0.2) is 71.7 Å². The number of halogens is 1. The molecule has 1 saturated heterocycles. The normalized spacial score (nSPS) is 17.5. The summed E-state index contributed by atoms with van der Waals surface area (Å²) in [4.78, 5) is 32.5. The Kier molecular flexibility index (Phi) is 7.02. The van der Waals surface area contributed by atoms with Gasteiger partial charge in [-0.3, -0.25) is 14.5 Å². The average Bonchev–Trinajstić information content (AvgIpc) is 3.46. The van der Waals surface area contributed by atoms with E-state index in [4.69, 9.17) is 30.8 Å². The Morgan fingerprint density at radius 1 is 1.14 bits per heavy atom. The van der Waals surface area contributed by atoms with Crippen molar-refractivity contribution in [2.24, 2.45) is 4.99 Å². The lowest BCUT2D eigenvalue weighted by atomic mass is 10.1. The van der Waals surface area contributed by atoms with Crippen molar-refractivity contribution in [2.45, 2.75) is 18.2 Å². The molecule has 1 atom stereocenters. The Morgan fingerprint density at radius 2 is 1.92 bits per heavy atom. The second-order valence-electron chi connectivity index (χ2n) is 8.04. The molecule has 0 saturated carbocycles. The summed E-state index contributed by atoms with van der Waals surface area (Å²) in [7, 11) is 1.60. The number of carbonyl (C=O) groups excluding carboxylic acids is 2. The minimum Gasteiger partial charge on any atom is -0.497 e. The topological polar surface area (TPSA) is 89.5 Å². The molecule has 0 aliphatic carbocycles. The summed E-state index contributed by atoms with van der Waals surface area (Å²) in [5, 5.41) is 3.11. The highest BCUT2D eigenvalue weighted by molar-refractivity contribution is 8.15. The first-order valence-electron chi connectivity index (χ1n) is 11.1. The number of carbonyl (C=O) groups is 2.